The quantitative estimate of drug-likeness (QED) is 0.280. The van der Waals surface area contributed by atoms with E-state index in [1.165, 1.54) is 17.4 Å². The second-order valence-electron chi connectivity index (χ2n) is 10.1. The Kier molecular flexibility index (Phi) is 7.59. The number of benzene rings is 1. The molecule has 1 aliphatic heterocycles. The highest BCUT2D eigenvalue weighted by molar-refractivity contribution is 7.13. The molecule has 13 heteroatoms. The van der Waals surface area contributed by atoms with E-state index in [-0.39, 0.29) is 23.9 Å². The van der Waals surface area contributed by atoms with Crippen LogP contribution >= 0.6 is 11.3 Å². The van der Waals surface area contributed by atoms with Gasteiger partial charge in [-0.15, -0.1) is 11.3 Å². The summed E-state index contributed by atoms with van der Waals surface area (Å²) in [6, 6.07) is 6.74. The van der Waals surface area contributed by atoms with E-state index < -0.39 is 0 Å². The molecule has 4 aromatic heterocycles. The largest absolute Gasteiger partial charge is 0.377 e. The molecule has 6 rings (SSSR count). The lowest BCUT2D eigenvalue weighted by Crippen LogP contribution is -2.43. The number of hydrogen-bond donors (Lipinski definition) is 2. The number of nitrogens with one attached hydrogen (secondary N) is 2. The molecule has 5 heterocycles. The van der Waals surface area contributed by atoms with Crippen LogP contribution in [0, 0.1) is 5.82 Å². The second-order valence-corrected chi connectivity index (χ2v) is 11.0. The molecule has 0 spiro atoms. The number of thiazole rings is 1. The molecule has 5 aromatic rings. The van der Waals surface area contributed by atoms with Crippen molar-refractivity contribution in [2.45, 2.75) is 6.54 Å². The highest BCUT2D eigenvalue weighted by atomic mass is 32.1. The van der Waals surface area contributed by atoms with Crippen LogP contribution in [0.25, 0.3) is 27.3 Å². The smallest absolute Gasteiger partial charge is 0.261 e. The lowest BCUT2D eigenvalue weighted by molar-refractivity contribution is 0.566. The van der Waals surface area contributed by atoms with E-state index in [1.54, 1.807) is 52.5 Å². The van der Waals surface area contributed by atoms with E-state index in [4.69, 9.17) is 4.98 Å². The monoisotopic (exact) mass is 584 g/mol. The molecule has 2 N–H and O–H groups in total. The zero-order valence-electron chi connectivity index (χ0n) is 23.2. The van der Waals surface area contributed by atoms with Gasteiger partial charge in [0.15, 0.2) is 0 Å². The van der Waals surface area contributed by atoms with Gasteiger partial charge in [-0.3, -0.25) is 9.36 Å². The highest BCUT2D eigenvalue weighted by Crippen LogP contribution is 2.27. The summed E-state index contributed by atoms with van der Waals surface area (Å²) in [5, 5.41) is 17.8. The summed E-state index contributed by atoms with van der Waals surface area (Å²) in [5.74, 6) is -0.0940. The lowest BCUT2D eigenvalue weighted by Gasteiger charge is -2.29. The van der Waals surface area contributed by atoms with Gasteiger partial charge in [0.2, 0.25) is 5.95 Å². The fraction of sp³-hybridized carbons (Fsp3) is 0.241. The van der Waals surface area contributed by atoms with Crippen LogP contribution in [0.5, 0.6) is 0 Å². The number of aromatic nitrogens is 6. The van der Waals surface area contributed by atoms with Crippen molar-refractivity contribution in [3.63, 3.8) is 0 Å². The third-order valence-corrected chi connectivity index (χ3v) is 7.95. The molecular formula is C29H29FN10OS. The normalized spacial score (nSPS) is 13.4. The summed E-state index contributed by atoms with van der Waals surface area (Å²) < 4.78 is 16.7. The number of fused-ring (bicyclic) bond motifs is 1. The average Bonchev–Trinajstić information content (AvgIpc) is 3.54. The summed E-state index contributed by atoms with van der Waals surface area (Å²) in [5.41, 5.74) is 3.74. The fourth-order valence-electron chi connectivity index (χ4n) is 4.88. The molecule has 0 unspecified atom stereocenters. The number of hydrogen-bond acceptors (Lipinski definition) is 11. The molecule has 214 valence electrons. The molecule has 0 aliphatic carbocycles. The van der Waals surface area contributed by atoms with Crippen LogP contribution in [-0.2, 0) is 6.54 Å². The van der Waals surface area contributed by atoms with Gasteiger partial charge in [0.05, 0.1) is 30.2 Å². The maximum Gasteiger partial charge on any atom is 0.261 e. The van der Waals surface area contributed by atoms with E-state index in [9.17, 15) is 4.79 Å². The Morgan fingerprint density at radius 1 is 1.14 bits per heavy atom. The molecule has 0 radical (unpaired) electrons. The summed E-state index contributed by atoms with van der Waals surface area (Å²) in [6.45, 7) is 7.39. The first kappa shape index (κ1) is 27.4. The van der Waals surface area contributed by atoms with Gasteiger partial charge in [-0.2, -0.15) is 15.2 Å². The van der Waals surface area contributed by atoms with Crippen LogP contribution in [0.2, 0.25) is 0 Å². The minimum atomic E-state index is -0.327. The predicted molar refractivity (Wildman–Crippen MR) is 164 cm³/mol. The molecule has 42 heavy (non-hydrogen) atoms. The van der Waals surface area contributed by atoms with Crippen LogP contribution in [0.4, 0.5) is 21.7 Å². The van der Waals surface area contributed by atoms with E-state index in [2.05, 4.69) is 37.4 Å². The summed E-state index contributed by atoms with van der Waals surface area (Å²) in [4.78, 5) is 31.3. The summed E-state index contributed by atoms with van der Waals surface area (Å²) in [6.07, 6.45) is 6.64. The topological polar surface area (TPSA) is 117 Å². The molecular weight excluding hydrogens is 555 g/mol. The van der Waals surface area contributed by atoms with Crippen molar-refractivity contribution in [1.82, 2.24) is 39.9 Å². The van der Waals surface area contributed by atoms with E-state index >= 15 is 4.39 Å². The van der Waals surface area contributed by atoms with Crippen LogP contribution in [0.3, 0.4) is 0 Å². The third-order valence-electron chi connectivity index (χ3n) is 7.14. The van der Waals surface area contributed by atoms with Crippen molar-refractivity contribution < 1.29 is 4.39 Å². The van der Waals surface area contributed by atoms with Crippen molar-refractivity contribution in [3.8, 4) is 10.6 Å². The van der Waals surface area contributed by atoms with Crippen molar-refractivity contribution >= 4 is 45.4 Å². The number of piperazine rings is 1. The molecule has 11 nitrogen and oxygen atoms in total. The number of pyridine rings is 1. The predicted octanol–water partition coefficient (Wildman–Crippen LogP) is 3.58. The molecule has 0 saturated carbocycles. The molecule has 0 amide bonds. The van der Waals surface area contributed by atoms with E-state index in [1.807, 2.05) is 24.4 Å². The summed E-state index contributed by atoms with van der Waals surface area (Å²) >= 11 is 1.48. The zero-order chi connectivity index (χ0) is 29.2. The Bertz CT molecular complexity index is 1820. The van der Waals surface area contributed by atoms with Crippen LogP contribution in [0.1, 0.15) is 11.1 Å². The zero-order valence-corrected chi connectivity index (χ0v) is 24.0. The SMILES string of the molecule is C=C(c1cc2cnc(Nc3ccc(N4CCNCC4)c(F)c3)nc2n(Cc2cnncc2-c2nccs2)c1=O)N(C)C. The first-order valence-electron chi connectivity index (χ1n) is 13.4. The molecule has 0 bridgehead atoms. The Balaban J connectivity index is 1.40. The minimum Gasteiger partial charge on any atom is -0.377 e. The maximum atomic E-state index is 15.1. The molecule has 0 atom stereocenters. The van der Waals surface area contributed by atoms with E-state index in [0.717, 1.165) is 42.3 Å². The third kappa shape index (κ3) is 5.43. The van der Waals surface area contributed by atoms with Crippen LogP contribution in [-0.4, -0.2) is 74.9 Å². The lowest BCUT2D eigenvalue weighted by atomic mass is 10.1. The molecule has 1 saturated heterocycles. The molecule has 1 aliphatic rings. The highest BCUT2D eigenvalue weighted by Gasteiger charge is 2.19. The Labute approximate surface area is 245 Å². The Morgan fingerprint density at radius 3 is 2.69 bits per heavy atom. The van der Waals surface area contributed by atoms with Crippen molar-refractivity contribution in [1.29, 1.82) is 0 Å². The number of halogens is 1. The van der Waals surface area contributed by atoms with Gasteiger partial charge in [0.25, 0.3) is 5.56 Å². The van der Waals surface area contributed by atoms with Gasteiger partial charge in [-0.25, -0.2) is 14.4 Å². The van der Waals surface area contributed by atoms with Gasteiger partial charge >= 0.3 is 0 Å². The summed E-state index contributed by atoms with van der Waals surface area (Å²) in [7, 11) is 3.67. The van der Waals surface area contributed by atoms with E-state index in [0.29, 0.717) is 33.7 Å². The standard InChI is InChI=1S/C29H29FN10OS/c1-18(38(2)3)22-12-19-14-33-29(36-21-4-5-25(24(30)13-21)39-9-6-31-7-10-39)37-26(19)40(28(22)41)17-20-15-34-35-16-23(20)27-32-8-11-42-27/h4-5,8,11-16,31H,1,6-7,9-10,17H2,2-3H3,(H,33,36,37). The van der Waals surface area contributed by atoms with Crippen molar-refractivity contribution in [3.05, 3.63) is 88.3 Å². The average molecular weight is 585 g/mol. The minimum absolute atomic E-state index is 0.165. The van der Waals surface area contributed by atoms with Gasteiger partial charge < -0.3 is 20.4 Å². The van der Waals surface area contributed by atoms with Gasteiger partial charge in [0, 0.05) is 85.9 Å². The number of anilines is 3. The van der Waals surface area contributed by atoms with Gasteiger partial charge in [0.1, 0.15) is 16.5 Å². The van der Waals surface area contributed by atoms with Crippen LogP contribution < -0.4 is 21.1 Å². The Hall–Kier alpha value is -4.75. The fourth-order valence-corrected chi connectivity index (χ4v) is 5.56. The van der Waals surface area contributed by atoms with Gasteiger partial charge in [-0.1, -0.05) is 6.58 Å². The second kappa shape index (κ2) is 11.6. The van der Waals surface area contributed by atoms with Gasteiger partial charge in [-0.05, 0) is 24.3 Å². The van der Waals surface area contributed by atoms with Crippen molar-refractivity contribution in [2.24, 2.45) is 0 Å². The first-order chi connectivity index (χ1) is 20.4. The van der Waals surface area contributed by atoms with Crippen LogP contribution in [0.15, 0.2) is 65.8 Å². The first-order valence-corrected chi connectivity index (χ1v) is 14.3. The molecule has 1 fully saturated rings. The number of nitrogens with zero attached hydrogens (tertiary/aromatic N) is 8. The Morgan fingerprint density at radius 2 is 1.95 bits per heavy atom. The maximum absolute atomic E-state index is 15.1. The molecule has 1 aromatic carbocycles. The van der Waals surface area contributed by atoms with Crippen molar-refractivity contribution in [2.75, 3.05) is 50.5 Å². The number of rotatable bonds is 8.